The molecule has 0 amide bonds. The van der Waals surface area contributed by atoms with Crippen LogP contribution >= 0.6 is 0 Å². The number of nitrogens with zero attached hydrogens (tertiary/aromatic N) is 1. The van der Waals surface area contributed by atoms with E-state index < -0.39 is 0 Å². The van der Waals surface area contributed by atoms with E-state index in [2.05, 4.69) is 0 Å². The fourth-order valence-corrected chi connectivity index (χ4v) is 1.06. The van der Waals surface area contributed by atoms with Gasteiger partial charge in [-0.25, -0.2) is 0 Å². The number of nitrogens with two attached hydrogens (primary N) is 1. The average Bonchev–Trinajstić information content (AvgIpc) is 2.09. The molecule has 0 aliphatic rings. The van der Waals surface area contributed by atoms with E-state index in [0.29, 0.717) is 17.0 Å². The van der Waals surface area contributed by atoms with Crippen molar-refractivity contribution in [1.82, 2.24) is 0 Å². The Balaban J connectivity index is 3.38. The number of ether oxygens (including phenoxy) is 1. The maximum Gasteiger partial charge on any atom is 0.141 e. The van der Waals surface area contributed by atoms with Crippen molar-refractivity contribution in [2.75, 3.05) is 12.8 Å². The van der Waals surface area contributed by atoms with E-state index >= 15 is 0 Å². The summed E-state index contributed by atoms with van der Waals surface area (Å²) < 4.78 is 5.05. The Hall–Kier alpha value is -1.69. The molecule has 1 rings (SSSR count). The van der Waals surface area contributed by atoms with Gasteiger partial charge in [0, 0.05) is 11.3 Å². The molecule has 0 saturated heterocycles. The molecule has 0 aromatic heterocycles. The molecule has 3 heteroatoms. The lowest BCUT2D eigenvalue weighted by Crippen LogP contribution is -1.96. The van der Waals surface area contributed by atoms with Crippen molar-refractivity contribution >= 4 is 5.69 Å². The molecular formula is C9H10N2O. The minimum atomic E-state index is 0.518. The molecule has 2 N–H and O–H groups in total. The van der Waals surface area contributed by atoms with E-state index in [4.69, 9.17) is 15.7 Å². The smallest absolute Gasteiger partial charge is 0.141 e. The minimum Gasteiger partial charge on any atom is -0.495 e. The maximum atomic E-state index is 8.69. The van der Waals surface area contributed by atoms with Crippen molar-refractivity contribution in [1.29, 1.82) is 5.26 Å². The average molecular weight is 162 g/mol. The lowest BCUT2D eigenvalue weighted by Gasteiger charge is -2.07. The van der Waals surface area contributed by atoms with E-state index in [1.165, 1.54) is 7.11 Å². The quantitative estimate of drug-likeness (QED) is 0.636. The molecule has 0 atom stereocenters. The molecule has 12 heavy (non-hydrogen) atoms. The van der Waals surface area contributed by atoms with Gasteiger partial charge in [-0.3, -0.25) is 0 Å². The molecule has 3 nitrogen and oxygen atoms in total. The van der Waals surface area contributed by atoms with Crippen LogP contribution in [-0.2, 0) is 0 Å². The minimum absolute atomic E-state index is 0.518. The summed E-state index contributed by atoms with van der Waals surface area (Å²) in [5, 5.41) is 8.69. The molecule has 0 aliphatic carbocycles. The monoisotopic (exact) mass is 162 g/mol. The molecule has 1 aromatic carbocycles. The third kappa shape index (κ3) is 1.19. The molecule has 0 aliphatic heterocycles. The Morgan fingerprint density at radius 3 is 2.67 bits per heavy atom. The highest BCUT2D eigenvalue weighted by molar-refractivity contribution is 5.60. The van der Waals surface area contributed by atoms with Gasteiger partial charge < -0.3 is 10.5 Å². The molecule has 1 aromatic rings. The number of hydrogen-bond donors (Lipinski definition) is 1. The predicted molar refractivity (Wildman–Crippen MR) is 46.9 cm³/mol. The largest absolute Gasteiger partial charge is 0.495 e. The predicted octanol–water partition coefficient (Wildman–Crippen LogP) is 1.46. The number of anilines is 1. The van der Waals surface area contributed by atoms with E-state index in [1.807, 2.05) is 13.0 Å². The van der Waals surface area contributed by atoms with Gasteiger partial charge >= 0.3 is 0 Å². The van der Waals surface area contributed by atoms with Crippen LogP contribution in [0.4, 0.5) is 5.69 Å². The Kier molecular flexibility index (Phi) is 2.20. The number of methoxy groups -OCH3 is 1. The first-order valence-electron chi connectivity index (χ1n) is 3.54. The number of hydrogen-bond acceptors (Lipinski definition) is 3. The summed E-state index contributed by atoms with van der Waals surface area (Å²) in [7, 11) is 1.53. The fraction of sp³-hybridized carbons (Fsp3) is 0.222. The molecule has 0 spiro atoms. The van der Waals surface area contributed by atoms with Crippen molar-refractivity contribution in [2.24, 2.45) is 0 Å². The van der Waals surface area contributed by atoms with Gasteiger partial charge in [-0.2, -0.15) is 5.26 Å². The summed E-state index contributed by atoms with van der Waals surface area (Å²) in [6, 6.07) is 5.39. The van der Waals surface area contributed by atoms with Crippen molar-refractivity contribution < 1.29 is 4.74 Å². The van der Waals surface area contributed by atoms with Crippen LogP contribution in [0, 0.1) is 18.3 Å². The van der Waals surface area contributed by atoms with E-state index in [1.54, 1.807) is 12.1 Å². The third-order valence-corrected chi connectivity index (χ3v) is 1.77. The van der Waals surface area contributed by atoms with Gasteiger partial charge in [0.1, 0.15) is 11.8 Å². The van der Waals surface area contributed by atoms with Crippen molar-refractivity contribution in [2.45, 2.75) is 6.92 Å². The summed E-state index contributed by atoms with van der Waals surface area (Å²) >= 11 is 0. The number of nitrogen functional groups attached to an aromatic ring is 1. The summed E-state index contributed by atoms with van der Waals surface area (Å²) in [4.78, 5) is 0. The van der Waals surface area contributed by atoms with Gasteiger partial charge in [-0.15, -0.1) is 0 Å². The van der Waals surface area contributed by atoms with Gasteiger partial charge in [-0.05, 0) is 19.1 Å². The van der Waals surface area contributed by atoms with Gasteiger partial charge in [0.25, 0.3) is 0 Å². The maximum absolute atomic E-state index is 8.69. The van der Waals surface area contributed by atoms with Gasteiger partial charge in [-0.1, -0.05) is 0 Å². The van der Waals surface area contributed by atoms with Crippen LogP contribution in [0.3, 0.4) is 0 Å². The zero-order valence-electron chi connectivity index (χ0n) is 7.09. The van der Waals surface area contributed by atoms with Crippen molar-refractivity contribution in [3.8, 4) is 11.8 Å². The van der Waals surface area contributed by atoms with E-state index in [9.17, 15) is 0 Å². The lowest BCUT2D eigenvalue weighted by molar-refractivity contribution is 0.410. The van der Waals surface area contributed by atoms with Crippen LogP contribution in [0.25, 0.3) is 0 Å². The summed E-state index contributed by atoms with van der Waals surface area (Å²) in [6.45, 7) is 1.83. The van der Waals surface area contributed by atoms with Crippen LogP contribution in [0.2, 0.25) is 0 Å². The Morgan fingerprint density at radius 1 is 1.50 bits per heavy atom. The first-order chi connectivity index (χ1) is 5.70. The van der Waals surface area contributed by atoms with Crippen molar-refractivity contribution in [3.63, 3.8) is 0 Å². The molecule has 0 bridgehead atoms. The molecule has 0 heterocycles. The second kappa shape index (κ2) is 3.14. The molecule has 62 valence electrons. The zero-order valence-corrected chi connectivity index (χ0v) is 7.09. The van der Waals surface area contributed by atoms with Crippen LogP contribution < -0.4 is 10.5 Å². The second-order valence-corrected chi connectivity index (χ2v) is 2.47. The number of benzene rings is 1. The van der Waals surface area contributed by atoms with Gasteiger partial charge in [0.05, 0.1) is 12.7 Å². The normalized spacial score (nSPS) is 9.08. The standard InChI is InChI=1S/C9H10N2O/c1-6-8(11)4-3-7(5-10)9(6)12-2/h3-4H,11H2,1-2H3. The summed E-state index contributed by atoms with van der Waals surface area (Å²) in [5.41, 5.74) is 7.61. The zero-order chi connectivity index (χ0) is 9.14. The van der Waals surface area contributed by atoms with E-state index in [0.717, 1.165) is 5.56 Å². The molecular weight excluding hydrogens is 152 g/mol. The van der Waals surface area contributed by atoms with Gasteiger partial charge in [0.2, 0.25) is 0 Å². The summed E-state index contributed by atoms with van der Waals surface area (Å²) in [6.07, 6.45) is 0. The molecule has 0 radical (unpaired) electrons. The van der Waals surface area contributed by atoms with E-state index in [-0.39, 0.29) is 0 Å². The third-order valence-electron chi connectivity index (χ3n) is 1.77. The number of rotatable bonds is 1. The van der Waals surface area contributed by atoms with Gasteiger partial charge in [0.15, 0.2) is 0 Å². The topological polar surface area (TPSA) is 59.0 Å². The first kappa shape index (κ1) is 8.41. The molecule has 0 saturated carbocycles. The summed E-state index contributed by atoms with van der Waals surface area (Å²) in [5.74, 6) is 0.567. The molecule has 0 unspecified atom stereocenters. The van der Waals surface area contributed by atoms with Crippen molar-refractivity contribution in [3.05, 3.63) is 23.3 Å². The van der Waals surface area contributed by atoms with Crippen LogP contribution in [0.1, 0.15) is 11.1 Å². The highest BCUT2D eigenvalue weighted by atomic mass is 16.5. The SMILES string of the molecule is COc1c(C#N)ccc(N)c1C. The fourth-order valence-electron chi connectivity index (χ4n) is 1.06. The first-order valence-corrected chi connectivity index (χ1v) is 3.54. The van der Waals surface area contributed by atoms with Crippen LogP contribution in [-0.4, -0.2) is 7.11 Å². The van der Waals surface area contributed by atoms with Crippen LogP contribution in [0.15, 0.2) is 12.1 Å². The second-order valence-electron chi connectivity index (χ2n) is 2.47. The Bertz CT molecular complexity index is 339. The lowest BCUT2D eigenvalue weighted by atomic mass is 10.1. The van der Waals surface area contributed by atoms with Crippen LogP contribution in [0.5, 0.6) is 5.75 Å². The number of nitriles is 1. The highest BCUT2D eigenvalue weighted by Gasteiger charge is 2.07. The Morgan fingerprint density at radius 2 is 2.17 bits per heavy atom. The molecule has 0 fully saturated rings. The highest BCUT2D eigenvalue weighted by Crippen LogP contribution is 2.26. The Labute approximate surface area is 71.4 Å².